The first-order valence-corrected chi connectivity index (χ1v) is 6.45. The molecule has 1 aliphatic heterocycles. The van der Waals surface area contributed by atoms with Gasteiger partial charge in [0.25, 0.3) is 0 Å². The highest BCUT2D eigenvalue weighted by Crippen LogP contribution is 2.30. The summed E-state index contributed by atoms with van der Waals surface area (Å²) in [6.07, 6.45) is 8.12. The van der Waals surface area contributed by atoms with Crippen LogP contribution in [0.25, 0.3) is 0 Å². The first-order valence-electron chi connectivity index (χ1n) is 6.45. The quantitative estimate of drug-likeness (QED) is 0.871. The van der Waals surface area contributed by atoms with E-state index in [1.54, 1.807) is 12.4 Å². The number of aromatic nitrogens is 1. The molecular weight excluding hydrogens is 214 g/mol. The molecule has 0 bridgehead atoms. The van der Waals surface area contributed by atoms with E-state index in [1.807, 2.05) is 12.1 Å². The van der Waals surface area contributed by atoms with E-state index >= 15 is 0 Å². The smallest absolute Gasteiger partial charge is 0.0734 e. The fourth-order valence-electron chi connectivity index (χ4n) is 2.55. The lowest BCUT2D eigenvalue weighted by Gasteiger charge is -2.37. The van der Waals surface area contributed by atoms with E-state index in [0.717, 1.165) is 31.2 Å². The molecule has 0 saturated carbocycles. The highest BCUT2D eigenvalue weighted by Gasteiger charge is 2.34. The SMILES string of the molecule is CCCC1CC(O)(Cc2ccncc2)CCO1. The van der Waals surface area contributed by atoms with Crippen molar-refractivity contribution in [2.75, 3.05) is 6.61 Å². The van der Waals surface area contributed by atoms with E-state index in [-0.39, 0.29) is 6.10 Å². The first-order chi connectivity index (χ1) is 8.22. The van der Waals surface area contributed by atoms with Gasteiger partial charge in [0.05, 0.1) is 11.7 Å². The first kappa shape index (κ1) is 12.5. The minimum Gasteiger partial charge on any atom is -0.389 e. The number of rotatable bonds is 4. The van der Waals surface area contributed by atoms with Crippen LogP contribution in [0.4, 0.5) is 0 Å². The van der Waals surface area contributed by atoms with Crippen molar-refractivity contribution < 1.29 is 9.84 Å². The number of aliphatic hydroxyl groups is 1. The molecule has 3 heteroatoms. The van der Waals surface area contributed by atoms with E-state index in [1.165, 1.54) is 0 Å². The predicted molar refractivity (Wildman–Crippen MR) is 66.8 cm³/mol. The van der Waals surface area contributed by atoms with Crippen LogP contribution in [0, 0.1) is 0 Å². The minimum absolute atomic E-state index is 0.223. The van der Waals surface area contributed by atoms with Gasteiger partial charge in [0.1, 0.15) is 0 Å². The lowest BCUT2D eigenvalue weighted by Crippen LogP contribution is -2.42. The average Bonchev–Trinajstić information content (AvgIpc) is 2.30. The van der Waals surface area contributed by atoms with Gasteiger partial charge in [-0.1, -0.05) is 13.3 Å². The van der Waals surface area contributed by atoms with Crippen molar-refractivity contribution in [1.82, 2.24) is 4.98 Å². The molecule has 17 heavy (non-hydrogen) atoms. The van der Waals surface area contributed by atoms with Gasteiger partial charge in [-0.05, 0) is 30.5 Å². The van der Waals surface area contributed by atoms with Gasteiger partial charge < -0.3 is 9.84 Å². The average molecular weight is 235 g/mol. The van der Waals surface area contributed by atoms with Crippen LogP contribution in [0.1, 0.15) is 38.2 Å². The third-order valence-corrected chi connectivity index (χ3v) is 3.42. The maximum absolute atomic E-state index is 10.6. The second-order valence-electron chi connectivity index (χ2n) is 4.99. The molecular formula is C14H21NO2. The maximum atomic E-state index is 10.6. The Morgan fingerprint density at radius 3 is 2.94 bits per heavy atom. The molecule has 0 amide bonds. The predicted octanol–water partition coefficient (Wildman–Crippen LogP) is 2.33. The van der Waals surface area contributed by atoms with Crippen molar-refractivity contribution in [3.8, 4) is 0 Å². The van der Waals surface area contributed by atoms with Gasteiger partial charge in [-0.25, -0.2) is 0 Å². The van der Waals surface area contributed by atoms with E-state index in [2.05, 4.69) is 11.9 Å². The fraction of sp³-hybridized carbons (Fsp3) is 0.643. The number of pyridine rings is 1. The Labute approximate surface area is 103 Å². The van der Waals surface area contributed by atoms with Crippen LogP contribution in [0.3, 0.4) is 0 Å². The van der Waals surface area contributed by atoms with Crippen LogP contribution in [0.2, 0.25) is 0 Å². The van der Waals surface area contributed by atoms with Crippen LogP contribution in [-0.2, 0) is 11.2 Å². The molecule has 1 aromatic rings. The molecule has 94 valence electrons. The standard InChI is InChI=1S/C14H21NO2/c1-2-3-13-11-14(16,6-9-17-13)10-12-4-7-15-8-5-12/h4-5,7-8,13,16H,2-3,6,9-11H2,1H3. The zero-order chi connectivity index (χ0) is 12.1. The summed E-state index contributed by atoms with van der Waals surface area (Å²) < 4.78 is 5.68. The van der Waals surface area contributed by atoms with Gasteiger partial charge in [0.2, 0.25) is 0 Å². The van der Waals surface area contributed by atoms with Crippen LogP contribution in [0.5, 0.6) is 0 Å². The van der Waals surface area contributed by atoms with Crippen LogP contribution in [0.15, 0.2) is 24.5 Å². The van der Waals surface area contributed by atoms with Gasteiger partial charge in [-0.15, -0.1) is 0 Å². The topological polar surface area (TPSA) is 42.4 Å². The van der Waals surface area contributed by atoms with Gasteiger partial charge in [0.15, 0.2) is 0 Å². The maximum Gasteiger partial charge on any atom is 0.0734 e. The molecule has 3 nitrogen and oxygen atoms in total. The van der Waals surface area contributed by atoms with E-state index in [9.17, 15) is 5.11 Å². The number of nitrogens with zero attached hydrogens (tertiary/aromatic N) is 1. The number of ether oxygens (including phenoxy) is 1. The second kappa shape index (κ2) is 5.61. The largest absolute Gasteiger partial charge is 0.389 e. The lowest BCUT2D eigenvalue weighted by molar-refractivity contribution is -0.104. The highest BCUT2D eigenvalue weighted by atomic mass is 16.5. The monoisotopic (exact) mass is 235 g/mol. The molecule has 2 heterocycles. The summed E-state index contributed by atoms with van der Waals surface area (Å²) in [4.78, 5) is 4.00. The molecule has 0 aromatic carbocycles. The van der Waals surface area contributed by atoms with Gasteiger partial charge in [0, 0.05) is 31.8 Å². The van der Waals surface area contributed by atoms with Crippen molar-refractivity contribution >= 4 is 0 Å². The van der Waals surface area contributed by atoms with Crippen LogP contribution < -0.4 is 0 Å². The van der Waals surface area contributed by atoms with Gasteiger partial charge in [-0.2, -0.15) is 0 Å². The number of hydrogen-bond donors (Lipinski definition) is 1. The Morgan fingerprint density at radius 2 is 2.24 bits per heavy atom. The summed E-state index contributed by atoms with van der Waals surface area (Å²) in [5.74, 6) is 0. The Bertz CT molecular complexity index is 339. The van der Waals surface area contributed by atoms with E-state index in [4.69, 9.17) is 4.74 Å². The third-order valence-electron chi connectivity index (χ3n) is 3.42. The van der Waals surface area contributed by atoms with Crippen molar-refractivity contribution in [2.45, 2.75) is 50.7 Å². The molecule has 0 aliphatic carbocycles. The summed E-state index contributed by atoms with van der Waals surface area (Å²) in [5.41, 5.74) is 0.555. The zero-order valence-electron chi connectivity index (χ0n) is 10.4. The van der Waals surface area contributed by atoms with Crippen molar-refractivity contribution in [3.05, 3.63) is 30.1 Å². The Hall–Kier alpha value is -0.930. The van der Waals surface area contributed by atoms with Gasteiger partial charge in [-0.3, -0.25) is 4.98 Å². The molecule has 0 spiro atoms. The molecule has 1 aromatic heterocycles. The summed E-state index contributed by atoms with van der Waals surface area (Å²) in [6.45, 7) is 2.83. The second-order valence-corrected chi connectivity index (χ2v) is 4.99. The Balaban J connectivity index is 1.98. The normalized spacial score (nSPS) is 29.2. The molecule has 2 rings (SSSR count). The number of hydrogen-bond acceptors (Lipinski definition) is 3. The van der Waals surface area contributed by atoms with E-state index in [0.29, 0.717) is 13.0 Å². The third kappa shape index (κ3) is 3.51. The molecule has 1 aliphatic rings. The molecule has 1 fully saturated rings. The van der Waals surface area contributed by atoms with Gasteiger partial charge >= 0.3 is 0 Å². The summed E-state index contributed by atoms with van der Waals surface area (Å²) in [7, 11) is 0. The molecule has 2 unspecified atom stereocenters. The minimum atomic E-state index is -0.598. The van der Waals surface area contributed by atoms with E-state index < -0.39 is 5.60 Å². The van der Waals surface area contributed by atoms with Crippen molar-refractivity contribution in [3.63, 3.8) is 0 Å². The molecule has 1 saturated heterocycles. The summed E-state index contributed by atoms with van der Waals surface area (Å²) in [5, 5.41) is 10.6. The van der Waals surface area contributed by atoms with Crippen LogP contribution in [-0.4, -0.2) is 28.4 Å². The Kier molecular flexibility index (Phi) is 4.13. The highest BCUT2D eigenvalue weighted by molar-refractivity contribution is 5.13. The van der Waals surface area contributed by atoms with Crippen molar-refractivity contribution in [1.29, 1.82) is 0 Å². The molecule has 2 atom stereocenters. The van der Waals surface area contributed by atoms with Crippen molar-refractivity contribution in [2.24, 2.45) is 0 Å². The molecule has 1 N–H and O–H groups in total. The lowest BCUT2D eigenvalue weighted by atomic mass is 9.84. The molecule has 0 radical (unpaired) electrons. The zero-order valence-corrected chi connectivity index (χ0v) is 10.4. The summed E-state index contributed by atoms with van der Waals surface area (Å²) in [6, 6.07) is 3.95. The fourth-order valence-corrected chi connectivity index (χ4v) is 2.55. The van der Waals surface area contributed by atoms with Crippen LogP contribution >= 0.6 is 0 Å². The Morgan fingerprint density at radius 1 is 1.47 bits per heavy atom. The summed E-state index contributed by atoms with van der Waals surface area (Å²) >= 11 is 0.